The molecule has 0 radical (unpaired) electrons. The van der Waals surface area contributed by atoms with Crippen LogP contribution in [0.5, 0.6) is 0 Å². The van der Waals surface area contributed by atoms with Gasteiger partial charge in [0.05, 0.1) is 5.60 Å². The van der Waals surface area contributed by atoms with Crippen molar-refractivity contribution in [1.29, 1.82) is 0 Å². The van der Waals surface area contributed by atoms with Crippen molar-refractivity contribution in [1.82, 2.24) is 5.32 Å². The van der Waals surface area contributed by atoms with Crippen molar-refractivity contribution in [3.8, 4) is 0 Å². The Kier molecular flexibility index (Phi) is 4.63. The smallest absolute Gasteiger partial charge is 0.0868 e. The maximum absolute atomic E-state index is 10.9. The van der Waals surface area contributed by atoms with Gasteiger partial charge in [0.15, 0.2) is 0 Å². The molecule has 1 aliphatic heterocycles. The highest BCUT2D eigenvalue weighted by atomic mass is 16.3. The van der Waals surface area contributed by atoms with Crippen LogP contribution in [-0.2, 0) is 0 Å². The van der Waals surface area contributed by atoms with Crippen LogP contribution >= 0.6 is 0 Å². The maximum Gasteiger partial charge on any atom is 0.0868 e. The van der Waals surface area contributed by atoms with Gasteiger partial charge in [0.25, 0.3) is 0 Å². The lowest BCUT2D eigenvalue weighted by Crippen LogP contribution is -2.45. The van der Waals surface area contributed by atoms with E-state index in [1.165, 1.54) is 37.7 Å². The molecule has 2 N–H and O–H groups in total. The van der Waals surface area contributed by atoms with Crippen LogP contribution in [0.25, 0.3) is 0 Å². The average Bonchev–Trinajstić information content (AvgIpc) is 2.29. The molecule has 1 fully saturated rings. The summed E-state index contributed by atoms with van der Waals surface area (Å²) in [6, 6.07) is 0. The Morgan fingerprint density at radius 1 is 1.24 bits per heavy atom. The minimum atomic E-state index is -0.579. The van der Waals surface area contributed by atoms with Gasteiger partial charge >= 0.3 is 0 Å². The topological polar surface area (TPSA) is 32.3 Å². The molecular weight excluding hydrogens is 210 g/mol. The van der Waals surface area contributed by atoms with E-state index < -0.39 is 5.60 Å². The van der Waals surface area contributed by atoms with Crippen LogP contribution in [0.2, 0.25) is 0 Å². The molecule has 0 saturated carbocycles. The summed E-state index contributed by atoms with van der Waals surface area (Å²) in [5.74, 6) is 0.405. The number of rotatable bonds is 2. The normalized spacial score (nSPS) is 30.9. The Hall–Kier alpha value is -0.340. The Bertz CT molecular complexity index is 264. The average molecular weight is 237 g/mol. The minimum absolute atomic E-state index is 0.405. The molecule has 1 aliphatic carbocycles. The third kappa shape index (κ3) is 3.32. The van der Waals surface area contributed by atoms with Gasteiger partial charge in [0.1, 0.15) is 0 Å². The summed E-state index contributed by atoms with van der Waals surface area (Å²) < 4.78 is 0. The molecule has 2 nitrogen and oxygen atoms in total. The fourth-order valence-electron chi connectivity index (χ4n) is 3.25. The van der Waals surface area contributed by atoms with Crippen molar-refractivity contribution >= 4 is 0 Å². The molecular formula is C15H27NO. The second-order valence-corrected chi connectivity index (χ2v) is 5.87. The molecule has 0 spiro atoms. The highest BCUT2D eigenvalue weighted by Crippen LogP contribution is 2.34. The molecule has 2 atom stereocenters. The summed E-state index contributed by atoms with van der Waals surface area (Å²) in [4.78, 5) is 0. The molecule has 2 rings (SSSR count). The Balaban J connectivity index is 2.05. The largest absolute Gasteiger partial charge is 0.385 e. The first-order valence-corrected chi connectivity index (χ1v) is 7.34. The van der Waals surface area contributed by atoms with Crippen LogP contribution < -0.4 is 5.32 Å². The van der Waals surface area contributed by atoms with E-state index in [2.05, 4.69) is 11.4 Å². The van der Waals surface area contributed by atoms with E-state index in [1.807, 2.05) is 6.92 Å². The second-order valence-electron chi connectivity index (χ2n) is 5.87. The van der Waals surface area contributed by atoms with Gasteiger partial charge < -0.3 is 10.4 Å². The van der Waals surface area contributed by atoms with Gasteiger partial charge in [-0.1, -0.05) is 18.9 Å². The summed E-state index contributed by atoms with van der Waals surface area (Å²) in [6.45, 7) is 4.13. The summed E-state index contributed by atoms with van der Waals surface area (Å²) in [7, 11) is 0. The van der Waals surface area contributed by atoms with Gasteiger partial charge in [0, 0.05) is 12.5 Å². The van der Waals surface area contributed by atoms with E-state index in [1.54, 1.807) is 0 Å². The number of hydrogen-bond donors (Lipinski definition) is 2. The van der Waals surface area contributed by atoms with E-state index in [4.69, 9.17) is 0 Å². The van der Waals surface area contributed by atoms with Gasteiger partial charge in [-0.15, -0.1) is 0 Å². The Morgan fingerprint density at radius 2 is 2.06 bits per heavy atom. The number of allylic oxidation sites excluding steroid dienone is 1. The molecule has 17 heavy (non-hydrogen) atoms. The van der Waals surface area contributed by atoms with E-state index in [0.29, 0.717) is 5.92 Å². The standard InChI is InChI=1S/C15H27NO/c1-15(17,14-10-7-11-16-12-14)13-8-5-3-2-4-6-9-13/h8,14,16-17H,2-7,9-12H2,1H3. The highest BCUT2D eigenvalue weighted by molar-refractivity contribution is 5.18. The number of hydrogen-bond acceptors (Lipinski definition) is 2. The van der Waals surface area contributed by atoms with Crippen molar-refractivity contribution in [2.75, 3.05) is 13.1 Å². The van der Waals surface area contributed by atoms with Crippen LogP contribution in [0.15, 0.2) is 11.6 Å². The molecule has 0 bridgehead atoms. The van der Waals surface area contributed by atoms with Crippen molar-refractivity contribution in [2.45, 2.75) is 63.9 Å². The Morgan fingerprint density at radius 3 is 2.82 bits per heavy atom. The van der Waals surface area contributed by atoms with Crippen molar-refractivity contribution in [2.24, 2.45) is 5.92 Å². The van der Waals surface area contributed by atoms with E-state index >= 15 is 0 Å². The fraction of sp³-hybridized carbons (Fsp3) is 0.867. The second kappa shape index (κ2) is 6.01. The maximum atomic E-state index is 10.9. The third-order valence-electron chi connectivity index (χ3n) is 4.53. The lowest BCUT2D eigenvalue weighted by molar-refractivity contribution is 0.0195. The lowest BCUT2D eigenvalue weighted by atomic mass is 9.76. The number of aliphatic hydroxyl groups is 1. The van der Waals surface area contributed by atoms with Crippen LogP contribution in [0.3, 0.4) is 0 Å². The SMILES string of the molecule is CC(O)(C1=CCCCCCC1)C1CCCNC1. The Labute approximate surface area is 105 Å². The number of nitrogens with one attached hydrogen (secondary N) is 1. The van der Waals surface area contributed by atoms with E-state index in [9.17, 15) is 5.11 Å². The quantitative estimate of drug-likeness (QED) is 0.724. The first kappa shape index (κ1) is 13.1. The van der Waals surface area contributed by atoms with Gasteiger partial charge in [-0.3, -0.25) is 0 Å². The van der Waals surface area contributed by atoms with Gasteiger partial charge in [-0.25, -0.2) is 0 Å². The summed E-state index contributed by atoms with van der Waals surface area (Å²) >= 11 is 0. The summed E-state index contributed by atoms with van der Waals surface area (Å²) in [5.41, 5.74) is 0.732. The zero-order chi connectivity index (χ0) is 12.1. The molecule has 1 saturated heterocycles. The van der Waals surface area contributed by atoms with Crippen LogP contribution in [0.4, 0.5) is 0 Å². The molecule has 2 heteroatoms. The molecule has 2 unspecified atom stereocenters. The lowest BCUT2D eigenvalue weighted by Gasteiger charge is -2.38. The van der Waals surface area contributed by atoms with Crippen molar-refractivity contribution in [3.63, 3.8) is 0 Å². The zero-order valence-electron chi connectivity index (χ0n) is 11.2. The number of piperidine rings is 1. The van der Waals surface area contributed by atoms with E-state index in [-0.39, 0.29) is 0 Å². The van der Waals surface area contributed by atoms with Crippen LogP contribution in [0.1, 0.15) is 58.3 Å². The van der Waals surface area contributed by atoms with Crippen molar-refractivity contribution < 1.29 is 5.11 Å². The molecule has 98 valence electrons. The first-order valence-electron chi connectivity index (χ1n) is 7.34. The molecule has 2 aliphatic rings. The monoisotopic (exact) mass is 237 g/mol. The van der Waals surface area contributed by atoms with E-state index in [0.717, 1.165) is 32.4 Å². The molecule has 0 aromatic carbocycles. The molecule has 0 amide bonds. The first-order chi connectivity index (χ1) is 8.21. The highest BCUT2D eigenvalue weighted by Gasteiger charge is 2.35. The predicted octanol–water partition coefficient (Wildman–Crippen LogP) is 3.02. The zero-order valence-corrected chi connectivity index (χ0v) is 11.2. The van der Waals surface area contributed by atoms with Gasteiger partial charge in [-0.2, -0.15) is 0 Å². The summed E-state index contributed by atoms with van der Waals surface area (Å²) in [6.07, 6.45) is 12.2. The third-order valence-corrected chi connectivity index (χ3v) is 4.53. The van der Waals surface area contributed by atoms with Crippen molar-refractivity contribution in [3.05, 3.63) is 11.6 Å². The fourth-order valence-corrected chi connectivity index (χ4v) is 3.25. The minimum Gasteiger partial charge on any atom is -0.385 e. The van der Waals surface area contributed by atoms with Crippen LogP contribution in [-0.4, -0.2) is 23.8 Å². The molecule has 0 aromatic heterocycles. The van der Waals surface area contributed by atoms with Gasteiger partial charge in [-0.05, 0) is 57.6 Å². The summed E-state index contributed by atoms with van der Waals surface area (Å²) in [5, 5.41) is 14.3. The van der Waals surface area contributed by atoms with Crippen LogP contribution in [0, 0.1) is 5.92 Å². The predicted molar refractivity (Wildman–Crippen MR) is 72.0 cm³/mol. The van der Waals surface area contributed by atoms with Gasteiger partial charge in [0.2, 0.25) is 0 Å². The molecule has 0 aromatic rings. The molecule has 1 heterocycles.